The number of para-hydroxylation sites is 1. The number of nitrogens with zero attached hydrogens (tertiary/aromatic N) is 2. The first-order chi connectivity index (χ1) is 10.8. The van der Waals surface area contributed by atoms with Crippen LogP contribution in [-0.4, -0.2) is 15.8 Å². The lowest BCUT2D eigenvalue weighted by atomic mass is 10.2. The summed E-state index contributed by atoms with van der Waals surface area (Å²) in [5, 5.41) is 20.2. The number of benzene rings is 2. The Kier molecular flexibility index (Phi) is 4.42. The van der Waals surface area contributed by atoms with Crippen molar-refractivity contribution in [2.75, 3.05) is 5.75 Å². The molecule has 0 aliphatic heterocycles. The highest BCUT2D eigenvalue weighted by Gasteiger charge is 2.13. The second-order valence-corrected chi connectivity index (χ2v) is 6.60. The summed E-state index contributed by atoms with van der Waals surface area (Å²) >= 11 is 2.91. The zero-order valence-corrected chi connectivity index (χ0v) is 13.2. The fourth-order valence-corrected chi connectivity index (χ4v) is 3.74. The summed E-state index contributed by atoms with van der Waals surface area (Å²) < 4.78 is 1.01. The maximum absolute atomic E-state index is 10.3. The molecule has 0 atom stereocenters. The summed E-state index contributed by atoms with van der Waals surface area (Å²) in [6, 6.07) is 19.6. The van der Waals surface area contributed by atoms with Crippen LogP contribution in [0, 0.1) is 11.3 Å². The number of fused-ring (bicyclic) bond motifs is 1. The van der Waals surface area contributed by atoms with Crippen LogP contribution < -0.4 is 0 Å². The number of allylic oxidation sites excluding steroid dienone is 1. The Hall–Kier alpha value is -2.29. The zero-order chi connectivity index (χ0) is 15.4. The minimum atomic E-state index is 0.0652. The predicted molar refractivity (Wildman–Crippen MR) is 91.9 cm³/mol. The number of aliphatic hydroxyl groups is 1. The number of rotatable bonds is 4. The predicted octanol–water partition coefficient (Wildman–Crippen LogP) is 4.88. The van der Waals surface area contributed by atoms with Crippen LogP contribution in [0.5, 0.6) is 0 Å². The molecule has 0 saturated heterocycles. The number of hydrogen-bond acceptors (Lipinski definition) is 5. The van der Waals surface area contributed by atoms with Crippen molar-refractivity contribution in [3.05, 3.63) is 65.4 Å². The van der Waals surface area contributed by atoms with Gasteiger partial charge in [-0.25, -0.2) is 4.98 Å². The quantitative estimate of drug-likeness (QED) is 0.422. The molecule has 0 spiro atoms. The van der Waals surface area contributed by atoms with E-state index >= 15 is 0 Å². The van der Waals surface area contributed by atoms with Gasteiger partial charge in [0.2, 0.25) is 0 Å². The van der Waals surface area contributed by atoms with Gasteiger partial charge in [0.15, 0.2) is 0 Å². The van der Waals surface area contributed by atoms with E-state index in [0.29, 0.717) is 10.8 Å². The molecule has 0 aliphatic rings. The molecule has 0 radical (unpaired) electrons. The Morgan fingerprint density at radius 1 is 1.14 bits per heavy atom. The van der Waals surface area contributed by atoms with E-state index in [4.69, 9.17) is 0 Å². The van der Waals surface area contributed by atoms with Crippen LogP contribution in [0.4, 0.5) is 0 Å². The molecule has 1 heterocycles. The molecule has 0 saturated carbocycles. The minimum Gasteiger partial charge on any atom is -0.510 e. The molecule has 5 heteroatoms. The second-order valence-electron chi connectivity index (χ2n) is 4.52. The number of nitriles is 1. The fourth-order valence-electron chi connectivity index (χ4n) is 1.96. The lowest BCUT2D eigenvalue weighted by Crippen LogP contribution is -1.92. The third-order valence-corrected chi connectivity index (χ3v) is 5.10. The van der Waals surface area contributed by atoms with Crippen LogP contribution >= 0.6 is 23.1 Å². The molecule has 0 amide bonds. The van der Waals surface area contributed by atoms with Crippen molar-refractivity contribution in [3.63, 3.8) is 0 Å². The smallest absolute Gasteiger partial charge is 0.138 e. The van der Waals surface area contributed by atoms with E-state index in [0.717, 1.165) is 15.1 Å². The van der Waals surface area contributed by atoms with Crippen LogP contribution in [0.25, 0.3) is 15.8 Å². The van der Waals surface area contributed by atoms with Crippen LogP contribution in [0.3, 0.4) is 0 Å². The molecule has 2 aromatic carbocycles. The van der Waals surface area contributed by atoms with Gasteiger partial charge in [-0.05, 0) is 24.3 Å². The van der Waals surface area contributed by atoms with Crippen molar-refractivity contribution >= 4 is 38.9 Å². The minimum absolute atomic E-state index is 0.0652. The average molecular weight is 324 g/mol. The van der Waals surface area contributed by atoms with E-state index in [1.807, 2.05) is 54.6 Å². The number of aromatic nitrogens is 1. The lowest BCUT2D eigenvalue weighted by Gasteiger charge is -2.02. The van der Waals surface area contributed by atoms with Crippen molar-refractivity contribution in [1.29, 1.82) is 5.26 Å². The third kappa shape index (κ3) is 3.14. The van der Waals surface area contributed by atoms with Gasteiger partial charge >= 0.3 is 0 Å². The standard InChI is InChI=1S/C17H12N2OS2/c18-10-13(15(20)11-21-12-6-2-1-3-7-12)17-19-14-8-4-5-9-16(14)22-17/h1-9,20H,11H2/b15-13-. The SMILES string of the molecule is N#C/C(=C(/O)CSc1ccccc1)c1nc2ccccc2s1. The Labute approximate surface area is 136 Å². The summed E-state index contributed by atoms with van der Waals surface area (Å²) in [5.74, 6) is 0.415. The molecular formula is C17H12N2OS2. The molecule has 0 bridgehead atoms. The number of thiazole rings is 1. The van der Waals surface area contributed by atoms with E-state index in [-0.39, 0.29) is 11.3 Å². The highest BCUT2D eigenvalue weighted by atomic mass is 32.2. The van der Waals surface area contributed by atoms with Crippen molar-refractivity contribution in [3.8, 4) is 6.07 Å². The van der Waals surface area contributed by atoms with Gasteiger partial charge in [0.1, 0.15) is 22.4 Å². The lowest BCUT2D eigenvalue weighted by molar-refractivity contribution is 0.421. The van der Waals surface area contributed by atoms with Gasteiger partial charge in [0.05, 0.1) is 16.0 Å². The van der Waals surface area contributed by atoms with Gasteiger partial charge in [0, 0.05) is 4.90 Å². The molecule has 0 aliphatic carbocycles. The van der Waals surface area contributed by atoms with Crippen molar-refractivity contribution in [2.45, 2.75) is 4.90 Å². The highest BCUT2D eigenvalue weighted by molar-refractivity contribution is 7.99. The molecule has 1 N–H and O–H groups in total. The van der Waals surface area contributed by atoms with E-state index in [2.05, 4.69) is 11.1 Å². The van der Waals surface area contributed by atoms with E-state index in [9.17, 15) is 10.4 Å². The van der Waals surface area contributed by atoms with Gasteiger partial charge in [-0.1, -0.05) is 30.3 Å². The molecule has 0 fully saturated rings. The Morgan fingerprint density at radius 2 is 1.86 bits per heavy atom. The van der Waals surface area contributed by atoms with Crippen molar-refractivity contribution in [2.24, 2.45) is 0 Å². The Morgan fingerprint density at radius 3 is 2.59 bits per heavy atom. The molecule has 0 unspecified atom stereocenters. The number of thioether (sulfide) groups is 1. The van der Waals surface area contributed by atoms with Gasteiger partial charge < -0.3 is 5.11 Å². The maximum atomic E-state index is 10.3. The van der Waals surface area contributed by atoms with Crippen LogP contribution in [0.2, 0.25) is 0 Å². The van der Waals surface area contributed by atoms with Gasteiger partial charge in [-0.15, -0.1) is 23.1 Å². The summed E-state index contributed by atoms with van der Waals surface area (Å²) in [7, 11) is 0. The van der Waals surface area contributed by atoms with E-state index < -0.39 is 0 Å². The largest absolute Gasteiger partial charge is 0.510 e. The zero-order valence-electron chi connectivity index (χ0n) is 11.6. The maximum Gasteiger partial charge on any atom is 0.138 e. The first-order valence-corrected chi connectivity index (χ1v) is 8.44. The molecule has 3 rings (SSSR count). The molecule has 1 aromatic heterocycles. The number of hydrogen-bond donors (Lipinski definition) is 1. The van der Waals surface area contributed by atoms with Crippen LogP contribution in [-0.2, 0) is 0 Å². The molecule has 22 heavy (non-hydrogen) atoms. The molecular weight excluding hydrogens is 312 g/mol. The normalized spacial score (nSPS) is 12.0. The second kappa shape index (κ2) is 6.65. The van der Waals surface area contributed by atoms with Gasteiger partial charge in [0.25, 0.3) is 0 Å². The first kappa shape index (κ1) is 14.6. The van der Waals surface area contributed by atoms with Crippen LogP contribution in [0.15, 0.2) is 65.3 Å². The summed E-state index contributed by atoms with van der Waals surface area (Å²) in [5.41, 5.74) is 1.10. The Balaban J connectivity index is 1.86. The van der Waals surface area contributed by atoms with Gasteiger partial charge in [-0.3, -0.25) is 0 Å². The van der Waals surface area contributed by atoms with Gasteiger partial charge in [-0.2, -0.15) is 5.26 Å². The molecule has 3 aromatic rings. The third-order valence-electron chi connectivity index (χ3n) is 3.03. The Bertz CT molecular complexity index is 830. The summed E-state index contributed by atoms with van der Waals surface area (Å²) in [4.78, 5) is 5.48. The monoisotopic (exact) mass is 324 g/mol. The topological polar surface area (TPSA) is 56.9 Å². The highest BCUT2D eigenvalue weighted by Crippen LogP contribution is 2.29. The number of aliphatic hydroxyl groups excluding tert-OH is 1. The average Bonchev–Trinajstić information content (AvgIpc) is 2.98. The van der Waals surface area contributed by atoms with E-state index in [1.165, 1.54) is 23.1 Å². The van der Waals surface area contributed by atoms with Crippen molar-refractivity contribution < 1.29 is 5.11 Å². The summed E-state index contributed by atoms with van der Waals surface area (Å²) in [6.45, 7) is 0. The molecule has 108 valence electrons. The van der Waals surface area contributed by atoms with Crippen LogP contribution in [0.1, 0.15) is 5.01 Å². The van der Waals surface area contributed by atoms with Crippen molar-refractivity contribution in [1.82, 2.24) is 4.98 Å². The summed E-state index contributed by atoms with van der Waals surface area (Å²) in [6.07, 6.45) is 0. The first-order valence-electron chi connectivity index (χ1n) is 6.64. The van der Waals surface area contributed by atoms with E-state index in [1.54, 1.807) is 0 Å². The molecule has 3 nitrogen and oxygen atoms in total. The fraction of sp³-hybridized carbons (Fsp3) is 0.0588.